The van der Waals surface area contributed by atoms with Gasteiger partial charge in [0.05, 0.1) is 10.6 Å². The van der Waals surface area contributed by atoms with Gasteiger partial charge in [-0.3, -0.25) is 9.59 Å². The lowest BCUT2D eigenvalue weighted by Gasteiger charge is -2.15. The minimum atomic E-state index is -3.94. The summed E-state index contributed by atoms with van der Waals surface area (Å²) in [5.74, 6) is -1.42. The number of carbonyl (C=O) groups is 2. The standard InChI is InChI=1S/C21H15Cl2N5O4S/c1-12-9-10-24-21(25-12)27-33(31,32)16-7-5-14(6-8-16)26-18-17(23)19(29)28(20(18)30)15-4-2-3-13(22)11-15/h2-11,26H,1H3,(H,24,25,27). The molecule has 1 aliphatic rings. The highest BCUT2D eigenvalue weighted by Gasteiger charge is 2.39. The smallest absolute Gasteiger partial charge is 0.283 e. The molecule has 0 bridgehead atoms. The Hall–Kier alpha value is -3.47. The number of carbonyl (C=O) groups excluding carboxylic acids is 2. The number of anilines is 3. The molecule has 9 nitrogen and oxygen atoms in total. The van der Waals surface area contributed by atoms with Gasteiger partial charge < -0.3 is 5.32 Å². The number of imide groups is 1. The van der Waals surface area contributed by atoms with E-state index >= 15 is 0 Å². The number of hydrogen-bond acceptors (Lipinski definition) is 7. The molecular weight excluding hydrogens is 489 g/mol. The van der Waals surface area contributed by atoms with Gasteiger partial charge in [0.1, 0.15) is 10.7 Å². The highest BCUT2D eigenvalue weighted by Crippen LogP contribution is 2.31. The molecule has 0 unspecified atom stereocenters. The maximum atomic E-state index is 12.8. The topological polar surface area (TPSA) is 121 Å². The van der Waals surface area contributed by atoms with Crippen LogP contribution in [0, 0.1) is 6.92 Å². The first-order valence-corrected chi connectivity index (χ1v) is 11.6. The SMILES string of the molecule is Cc1ccnc(NS(=O)(=O)c2ccc(NC3=C(Cl)C(=O)N(c4cccc(Cl)c4)C3=O)cc2)n1. The first kappa shape index (κ1) is 22.7. The third kappa shape index (κ3) is 4.68. The van der Waals surface area contributed by atoms with E-state index in [1.54, 1.807) is 31.2 Å². The summed E-state index contributed by atoms with van der Waals surface area (Å²) in [5.41, 5.74) is 1.10. The number of aryl methyl sites for hydroxylation is 1. The lowest BCUT2D eigenvalue weighted by atomic mass is 10.3. The number of rotatable bonds is 6. The van der Waals surface area contributed by atoms with Crippen molar-refractivity contribution in [1.82, 2.24) is 9.97 Å². The molecule has 12 heteroatoms. The van der Waals surface area contributed by atoms with E-state index in [2.05, 4.69) is 20.0 Å². The molecular formula is C21H15Cl2N5O4S. The molecule has 2 heterocycles. The van der Waals surface area contributed by atoms with E-state index < -0.39 is 21.8 Å². The van der Waals surface area contributed by atoms with Gasteiger partial charge in [-0.1, -0.05) is 29.3 Å². The van der Waals surface area contributed by atoms with E-state index in [1.807, 2.05) is 0 Å². The van der Waals surface area contributed by atoms with Crippen molar-refractivity contribution in [2.45, 2.75) is 11.8 Å². The summed E-state index contributed by atoms with van der Waals surface area (Å²) >= 11 is 12.1. The second-order valence-corrected chi connectivity index (χ2v) is 9.39. The second kappa shape index (κ2) is 8.81. The van der Waals surface area contributed by atoms with Gasteiger partial charge in [-0.25, -0.2) is 28.0 Å². The van der Waals surface area contributed by atoms with Crippen LogP contribution >= 0.6 is 23.2 Å². The van der Waals surface area contributed by atoms with Crippen LogP contribution in [0.2, 0.25) is 5.02 Å². The molecule has 2 N–H and O–H groups in total. The molecule has 0 spiro atoms. The molecule has 0 atom stereocenters. The molecule has 2 amide bonds. The molecule has 1 aromatic heterocycles. The zero-order chi connectivity index (χ0) is 23.8. The van der Waals surface area contributed by atoms with Gasteiger partial charge in [0, 0.05) is 22.6 Å². The van der Waals surface area contributed by atoms with Crippen LogP contribution < -0.4 is 14.9 Å². The summed E-state index contributed by atoms with van der Waals surface area (Å²) in [6.07, 6.45) is 1.44. The summed E-state index contributed by atoms with van der Waals surface area (Å²) in [5, 5.41) is 2.84. The van der Waals surface area contributed by atoms with Crippen molar-refractivity contribution in [3.63, 3.8) is 0 Å². The minimum Gasteiger partial charge on any atom is -0.350 e. The molecule has 3 aromatic rings. The highest BCUT2D eigenvalue weighted by molar-refractivity contribution is 7.92. The predicted molar refractivity (Wildman–Crippen MR) is 124 cm³/mol. The van der Waals surface area contributed by atoms with E-state index in [0.29, 0.717) is 16.4 Å². The number of hydrogen-bond donors (Lipinski definition) is 2. The molecule has 2 aromatic carbocycles. The quantitative estimate of drug-likeness (QED) is 0.492. The number of sulfonamides is 1. The fraction of sp³-hybridized carbons (Fsp3) is 0.0476. The van der Waals surface area contributed by atoms with Crippen LogP contribution in [-0.4, -0.2) is 30.2 Å². The van der Waals surface area contributed by atoms with Crippen LogP contribution in [0.5, 0.6) is 0 Å². The zero-order valence-electron chi connectivity index (χ0n) is 16.9. The first-order chi connectivity index (χ1) is 15.7. The Kier molecular flexibility index (Phi) is 6.07. The molecule has 0 saturated carbocycles. The van der Waals surface area contributed by atoms with Gasteiger partial charge in [-0.2, -0.15) is 0 Å². The Labute approximate surface area is 199 Å². The average molecular weight is 504 g/mol. The Balaban J connectivity index is 1.53. The van der Waals surface area contributed by atoms with Gasteiger partial charge in [0.25, 0.3) is 21.8 Å². The average Bonchev–Trinajstić information content (AvgIpc) is 2.97. The first-order valence-electron chi connectivity index (χ1n) is 9.39. The maximum Gasteiger partial charge on any atom is 0.283 e. The highest BCUT2D eigenvalue weighted by atomic mass is 35.5. The normalized spacial score (nSPS) is 14.1. The zero-order valence-corrected chi connectivity index (χ0v) is 19.2. The van der Waals surface area contributed by atoms with Crippen molar-refractivity contribution in [2.75, 3.05) is 14.9 Å². The summed E-state index contributed by atoms with van der Waals surface area (Å²) in [6, 6.07) is 13.4. The summed E-state index contributed by atoms with van der Waals surface area (Å²) < 4.78 is 27.5. The van der Waals surface area contributed by atoms with Crippen LogP contribution in [0.4, 0.5) is 17.3 Å². The lowest BCUT2D eigenvalue weighted by Crippen LogP contribution is -2.32. The number of aromatic nitrogens is 2. The van der Waals surface area contributed by atoms with Crippen molar-refractivity contribution < 1.29 is 18.0 Å². The largest absolute Gasteiger partial charge is 0.350 e. The number of benzene rings is 2. The van der Waals surface area contributed by atoms with Crippen LogP contribution in [0.15, 0.2) is 76.4 Å². The van der Waals surface area contributed by atoms with Gasteiger partial charge in [-0.05, 0) is 55.5 Å². The fourth-order valence-corrected chi connectivity index (χ4v) is 4.35. The van der Waals surface area contributed by atoms with Crippen molar-refractivity contribution in [2.24, 2.45) is 0 Å². The van der Waals surface area contributed by atoms with E-state index in [0.717, 1.165) is 4.90 Å². The molecule has 33 heavy (non-hydrogen) atoms. The fourth-order valence-electron chi connectivity index (χ4n) is 3.00. The summed E-state index contributed by atoms with van der Waals surface area (Å²) in [6.45, 7) is 1.71. The van der Waals surface area contributed by atoms with Crippen LogP contribution in [-0.2, 0) is 19.6 Å². The number of nitrogens with zero attached hydrogens (tertiary/aromatic N) is 3. The molecule has 4 rings (SSSR count). The Morgan fingerprint density at radius 3 is 2.36 bits per heavy atom. The van der Waals surface area contributed by atoms with Crippen LogP contribution in [0.3, 0.4) is 0 Å². The molecule has 0 radical (unpaired) electrons. The van der Waals surface area contributed by atoms with E-state index in [1.165, 1.54) is 36.5 Å². The van der Waals surface area contributed by atoms with Gasteiger partial charge in [-0.15, -0.1) is 0 Å². The molecule has 0 aliphatic carbocycles. The third-order valence-electron chi connectivity index (χ3n) is 4.55. The van der Waals surface area contributed by atoms with Crippen molar-refractivity contribution in [3.05, 3.63) is 82.2 Å². The van der Waals surface area contributed by atoms with Crippen LogP contribution in [0.1, 0.15) is 5.69 Å². The third-order valence-corrected chi connectivity index (χ3v) is 6.48. The Morgan fingerprint density at radius 2 is 1.70 bits per heavy atom. The van der Waals surface area contributed by atoms with Crippen LogP contribution in [0.25, 0.3) is 0 Å². The molecule has 0 saturated heterocycles. The molecule has 1 aliphatic heterocycles. The monoisotopic (exact) mass is 503 g/mol. The van der Waals surface area contributed by atoms with Crippen molar-refractivity contribution >= 4 is 62.4 Å². The minimum absolute atomic E-state index is 0.0485. The number of halogens is 2. The summed E-state index contributed by atoms with van der Waals surface area (Å²) in [4.78, 5) is 34.1. The molecule has 0 fully saturated rings. The number of amides is 2. The Bertz CT molecular complexity index is 1410. The Morgan fingerprint density at radius 1 is 0.970 bits per heavy atom. The van der Waals surface area contributed by atoms with E-state index in [-0.39, 0.29) is 27.3 Å². The lowest BCUT2D eigenvalue weighted by molar-refractivity contribution is -0.120. The second-order valence-electron chi connectivity index (χ2n) is 6.89. The molecule has 168 valence electrons. The number of nitrogens with one attached hydrogen (secondary N) is 2. The van der Waals surface area contributed by atoms with E-state index in [4.69, 9.17) is 23.2 Å². The van der Waals surface area contributed by atoms with Gasteiger partial charge >= 0.3 is 0 Å². The predicted octanol–water partition coefficient (Wildman–Crippen LogP) is 3.67. The van der Waals surface area contributed by atoms with Crippen molar-refractivity contribution in [1.29, 1.82) is 0 Å². The van der Waals surface area contributed by atoms with Gasteiger partial charge in [0.15, 0.2) is 0 Å². The van der Waals surface area contributed by atoms with Crippen molar-refractivity contribution in [3.8, 4) is 0 Å². The van der Waals surface area contributed by atoms with E-state index in [9.17, 15) is 18.0 Å². The summed E-state index contributed by atoms with van der Waals surface area (Å²) in [7, 11) is -3.94. The maximum absolute atomic E-state index is 12.8. The van der Waals surface area contributed by atoms with Gasteiger partial charge in [0.2, 0.25) is 5.95 Å².